The van der Waals surface area contributed by atoms with Crippen molar-refractivity contribution in [2.24, 2.45) is 5.73 Å². The Balaban J connectivity index is 4.06. The maximum absolute atomic E-state index is 12.5. The molecule has 0 fully saturated rings. The molecule has 0 aromatic heterocycles. The van der Waals surface area contributed by atoms with E-state index >= 15 is 0 Å². The van der Waals surface area contributed by atoms with Crippen LogP contribution in [0.2, 0.25) is 0 Å². The van der Waals surface area contributed by atoms with Crippen molar-refractivity contribution >= 4 is 13.8 Å². The summed E-state index contributed by atoms with van der Waals surface area (Å²) in [5.74, 6) is -0.361. The van der Waals surface area contributed by atoms with Crippen molar-refractivity contribution in [2.75, 3.05) is 33.0 Å². The lowest BCUT2D eigenvalue weighted by Gasteiger charge is -2.20. The number of allylic oxidation sites excluding steroid dienone is 8. The van der Waals surface area contributed by atoms with Crippen molar-refractivity contribution in [3.05, 3.63) is 48.6 Å². The third-order valence-corrected chi connectivity index (χ3v) is 9.46. The number of carbonyl (C=O) groups is 1. The van der Waals surface area contributed by atoms with Crippen LogP contribution < -0.4 is 5.73 Å². The molecular weight excluding hydrogens is 661 g/mol. The van der Waals surface area contributed by atoms with Gasteiger partial charge in [-0.1, -0.05) is 146 Å². The summed E-state index contributed by atoms with van der Waals surface area (Å²) in [6, 6.07) is 0. The molecular formula is C42H78NO7P. The molecule has 2 atom stereocenters. The molecule has 8 nitrogen and oxygen atoms in total. The fraction of sp³-hybridized carbons (Fsp3) is 0.786. The molecule has 0 saturated heterocycles. The zero-order chi connectivity index (χ0) is 37.4. The van der Waals surface area contributed by atoms with Gasteiger partial charge in [0.15, 0.2) is 0 Å². The Morgan fingerprint density at radius 2 is 1.10 bits per heavy atom. The molecule has 0 aliphatic heterocycles. The highest BCUT2D eigenvalue weighted by Gasteiger charge is 2.25. The van der Waals surface area contributed by atoms with Crippen molar-refractivity contribution in [1.29, 1.82) is 0 Å². The average Bonchev–Trinajstić information content (AvgIpc) is 3.12. The second-order valence-corrected chi connectivity index (χ2v) is 14.9. The molecule has 0 bridgehead atoms. The van der Waals surface area contributed by atoms with E-state index in [2.05, 4.69) is 62.5 Å². The van der Waals surface area contributed by atoms with Gasteiger partial charge in [0.2, 0.25) is 0 Å². The summed E-state index contributed by atoms with van der Waals surface area (Å²) in [4.78, 5) is 22.4. The number of unbranched alkanes of at least 4 members (excludes halogenated alkanes) is 18. The first-order valence-electron chi connectivity index (χ1n) is 20.6. The lowest BCUT2D eigenvalue weighted by atomic mass is 10.1. The topological polar surface area (TPSA) is 117 Å². The number of phosphoric acid groups is 1. The average molecular weight is 740 g/mol. The van der Waals surface area contributed by atoms with Crippen LogP contribution in [-0.4, -0.2) is 49.9 Å². The summed E-state index contributed by atoms with van der Waals surface area (Å²) in [6.07, 6.45) is 45.6. The van der Waals surface area contributed by atoms with Gasteiger partial charge in [-0.2, -0.15) is 0 Å². The largest absolute Gasteiger partial charge is 0.472 e. The molecule has 0 radical (unpaired) electrons. The second kappa shape index (κ2) is 39.7. The smallest absolute Gasteiger partial charge is 0.457 e. The first-order chi connectivity index (χ1) is 24.9. The molecule has 298 valence electrons. The van der Waals surface area contributed by atoms with Gasteiger partial charge in [0.05, 0.1) is 19.8 Å². The number of esters is 1. The van der Waals surface area contributed by atoms with Gasteiger partial charge in [-0.25, -0.2) is 4.57 Å². The van der Waals surface area contributed by atoms with Crippen molar-refractivity contribution in [3.8, 4) is 0 Å². The summed E-state index contributed by atoms with van der Waals surface area (Å²) < 4.78 is 33.3. The number of rotatable bonds is 39. The predicted octanol–water partition coefficient (Wildman–Crippen LogP) is 12.0. The molecule has 0 saturated carbocycles. The first kappa shape index (κ1) is 49.5. The van der Waals surface area contributed by atoms with E-state index in [1.54, 1.807) is 0 Å². The van der Waals surface area contributed by atoms with Crippen LogP contribution in [0.3, 0.4) is 0 Å². The molecule has 0 amide bonds. The normalized spacial score (nSPS) is 14.0. The Morgan fingerprint density at radius 1 is 0.608 bits per heavy atom. The van der Waals surface area contributed by atoms with Gasteiger partial charge < -0.3 is 20.1 Å². The van der Waals surface area contributed by atoms with Crippen molar-refractivity contribution < 1.29 is 32.8 Å². The maximum Gasteiger partial charge on any atom is 0.472 e. The van der Waals surface area contributed by atoms with Gasteiger partial charge in [0.25, 0.3) is 0 Å². The lowest BCUT2D eigenvalue weighted by Crippen LogP contribution is -2.28. The van der Waals surface area contributed by atoms with Gasteiger partial charge in [-0.05, 0) is 70.6 Å². The highest BCUT2D eigenvalue weighted by atomic mass is 31.2. The molecule has 0 rings (SSSR count). The standard InChI is InChI=1S/C42H78NO7P/c1-3-5-7-9-11-13-15-17-18-19-20-21-22-24-26-28-30-32-34-37-47-39-41(40-49-51(45,46)48-38-36-43)50-42(44)35-33-31-29-27-25-23-16-14-12-10-8-6-4-2/h6,8,12,14,18-19,23,25,41H,3-5,7,9-11,13,15-17,20-22,24,26-40,43H2,1-2H3,(H,45,46)/b8-6-,14-12-,19-18-,25-23-. The van der Waals surface area contributed by atoms with Crippen molar-refractivity contribution in [2.45, 2.75) is 180 Å². The van der Waals surface area contributed by atoms with E-state index in [0.29, 0.717) is 6.61 Å². The highest BCUT2D eigenvalue weighted by molar-refractivity contribution is 7.47. The molecule has 3 N–H and O–H groups in total. The predicted molar refractivity (Wildman–Crippen MR) is 215 cm³/mol. The molecule has 9 heteroatoms. The Morgan fingerprint density at radius 3 is 1.67 bits per heavy atom. The fourth-order valence-electron chi connectivity index (χ4n) is 5.48. The zero-order valence-electron chi connectivity index (χ0n) is 32.8. The number of ether oxygens (including phenoxy) is 2. The van der Waals surface area contributed by atoms with Crippen LogP contribution in [0.25, 0.3) is 0 Å². The number of hydrogen-bond acceptors (Lipinski definition) is 7. The van der Waals surface area contributed by atoms with Crippen LogP contribution >= 0.6 is 7.82 Å². The molecule has 0 aromatic carbocycles. The summed E-state index contributed by atoms with van der Waals surface area (Å²) in [6.45, 7) is 4.75. The van der Waals surface area contributed by atoms with Gasteiger partial charge in [-0.15, -0.1) is 0 Å². The van der Waals surface area contributed by atoms with Crippen LogP contribution in [0.15, 0.2) is 48.6 Å². The maximum atomic E-state index is 12.5. The van der Waals surface area contributed by atoms with E-state index in [4.69, 9.17) is 24.3 Å². The molecule has 51 heavy (non-hydrogen) atoms. The minimum atomic E-state index is -4.28. The number of nitrogens with two attached hydrogens (primary N) is 1. The van der Waals surface area contributed by atoms with E-state index in [1.165, 1.54) is 96.3 Å². The van der Waals surface area contributed by atoms with Crippen LogP contribution in [0.1, 0.15) is 174 Å². The Kier molecular flexibility index (Phi) is 38.5. The lowest BCUT2D eigenvalue weighted by molar-refractivity contribution is -0.154. The van der Waals surface area contributed by atoms with Crippen LogP contribution in [0.5, 0.6) is 0 Å². The van der Waals surface area contributed by atoms with Crippen molar-refractivity contribution in [1.82, 2.24) is 0 Å². The molecule has 0 heterocycles. The third kappa shape index (κ3) is 39.5. The van der Waals surface area contributed by atoms with Gasteiger partial charge >= 0.3 is 13.8 Å². The first-order valence-corrected chi connectivity index (χ1v) is 22.1. The number of carbonyl (C=O) groups excluding carboxylic acids is 1. The summed E-state index contributed by atoms with van der Waals surface area (Å²) in [5, 5.41) is 0. The summed E-state index contributed by atoms with van der Waals surface area (Å²) >= 11 is 0. The van der Waals surface area contributed by atoms with Gasteiger partial charge in [0, 0.05) is 19.6 Å². The molecule has 0 spiro atoms. The van der Waals surface area contributed by atoms with Gasteiger partial charge in [0.1, 0.15) is 6.10 Å². The Bertz CT molecular complexity index is 921. The SMILES string of the molecule is CC/C=C\C/C=C\C/C=C\CCCCCC(=O)OC(COCCCCCCCCCC/C=C\CCCCCCCCC)COP(=O)(O)OCCN. The second-order valence-electron chi connectivity index (χ2n) is 13.5. The fourth-order valence-corrected chi connectivity index (χ4v) is 6.24. The van der Waals surface area contributed by atoms with E-state index in [9.17, 15) is 14.3 Å². The van der Waals surface area contributed by atoms with Crippen LogP contribution in [0.4, 0.5) is 0 Å². The molecule has 0 aliphatic rings. The highest BCUT2D eigenvalue weighted by Crippen LogP contribution is 2.43. The Labute approximate surface area is 313 Å². The molecule has 0 aliphatic carbocycles. The molecule has 2 unspecified atom stereocenters. The van der Waals surface area contributed by atoms with Crippen molar-refractivity contribution in [3.63, 3.8) is 0 Å². The minimum absolute atomic E-state index is 0.0935. The quantitative estimate of drug-likeness (QED) is 0.0277. The summed E-state index contributed by atoms with van der Waals surface area (Å²) in [5.41, 5.74) is 5.36. The third-order valence-electron chi connectivity index (χ3n) is 8.48. The Hall–Kier alpha value is -1.54. The van der Waals surface area contributed by atoms with E-state index < -0.39 is 13.9 Å². The number of phosphoric ester groups is 1. The van der Waals surface area contributed by atoms with E-state index in [0.717, 1.165) is 57.8 Å². The van der Waals surface area contributed by atoms with E-state index in [-0.39, 0.29) is 38.8 Å². The number of hydrogen-bond donors (Lipinski definition) is 2. The van der Waals surface area contributed by atoms with Crippen LogP contribution in [-0.2, 0) is 27.9 Å². The van der Waals surface area contributed by atoms with Gasteiger partial charge in [-0.3, -0.25) is 13.8 Å². The zero-order valence-corrected chi connectivity index (χ0v) is 33.7. The minimum Gasteiger partial charge on any atom is -0.457 e. The van der Waals surface area contributed by atoms with E-state index in [1.807, 2.05) is 0 Å². The molecule has 0 aromatic rings. The summed E-state index contributed by atoms with van der Waals surface area (Å²) in [7, 11) is -4.28. The monoisotopic (exact) mass is 740 g/mol. The van der Waals surface area contributed by atoms with Crippen LogP contribution in [0, 0.1) is 0 Å².